The van der Waals surface area contributed by atoms with Crippen LogP contribution in [0.15, 0.2) is 16.4 Å². The van der Waals surface area contributed by atoms with Gasteiger partial charge in [-0.15, -0.1) is 35.3 Å². The molecule has 0 aromatic carbocycles. The van der Waals surface area contributed by atoms with Gasteiger partial charge in [-0.25, -0.2) is 4.99 Å². The second-order valence-corrected chi connectivity index (χ2v) is 5.94. The molecule has 0 saturated carbocycles. The average Bonchev–Trinajstić information content (AvgIpc) is 2.85. The van der Waals surface area contributed by atoms with Crippen molar-refractivity contribution in [3.05, 3.63) is 21.9 Å². The van der Waals surface area contributed by atoms with Gasteiger partial charge in [0.05, 0.1) is 6.54 Å². The zero-order valence-corrected chi connectivity index (χ0v) is 16.9. The maximum absolute atomic E-state index is 12.2. The number of nitrogens with one attached hydrogen (secondary N) is 2. The largest absolute Gasteiger partial charge is 0.406 e. The highest BCUT2D eigenvalue weighted by molar-refractivity contribution is 14.0. The van der Waals surface area contributed by atoms with E-state index in [1.807, 2.05) is 25.3 Å². The van der Waals surface area contributed by atoms with Gasteiger partial charge in [0.1, 0.15) is 13.1 Å². The summed E-state index contributed by atoms with van der Waals surface area (Å²) in [6, 6.07) is 2.00. The number of likely N-dealkylation sites (N-methyl/N-ethyl adjacent to an activating group) is 1. The van der Waals surface area contributed by atoms with Crippen LogP contribution in [0, 0.1) is 6.92 Å². The summed E-state index contributed by atoms with van der Waals surface area (Å²) in [5.74, 6) is -0.291. The molecular formula is C14H22F3IN4OS. The van der Waals surface area contributed by atoms with E-state index in [0.29, 0.717) is 23.9 Å². The number of amides is 1. The molecule has 1 aromatic rings. The Morgan fingerprint density at radius 1 is 1.38 bits per heavy atom. The minimum Gasteiger partial charge on any atom is -0.357 e. The molecule has 0 atom stereocenters. The van der Waals surface area contributed by atoms with E-state index in [4.69, 9.17) is 0 Å². The molecule has 0 saturated heterocycles. The summed E-state index contributed by atoms with van der Waals surface area (Å²) in [6.07, 6.45) is -4.41. The van der Waals surface area contributed by atoms with Gasteiger partial charge in [-0.1, -0.05) is 0 Å². The Kier molecular flexibility index (Phi) is 10.3. The quantitative estimate of drug-likeness (QED) is 0.376. The minimum absolute atomic E-state index is 0. The lowest BCUT2D eigenvalue weighted by atomic mass is 10.3. The number of alkyl halides is 3. The first-order valence-electron chi connectivity index (χ1n) is 7.08. The van der Waals surface area contributed by atoms with Gasteiger partial charge < -0.3 is 15.5 Å². The maximum atomic E-state index is 12.2. The van der Waals surface area contributed by atoms with Crippen LogP contribution in [-0.2, 0) is 11.3 Å². The second-order valence-electron chi connectivity index (χ2n) is 4.94. The molecule has 0 spiro atoms. The molecule has 0 radical (unpaired) electrons. The van der Waals surface area contributed by atoms with Crippen molar-refractivity contribution in [2.45, 2.75) is 26.6 Å². The van der Waals surface area contributed by atoms with Crippen LogP contribution in [0.25, 0.3) is 0 Å². The molecule has 0 aliphatic rings. The molecule has 1 aromatic heterocycles. The van der Waals surface area contributed by atoms with E-state index in [9.17, 15) is 18.0 Å². The molecule has 5 nitrogen and oxygen atoms in total. The number of thiophene rings is 1. The van der Waals surface area contributed by atoms with Gasteiger partial charge in [-0.3, -0.25) is 4.79 Å². The number of halogens is 4. The Hall–Kier alpha value is -1.04. The van der Waals surface area contributed by atoms with Gasteiger partial charge in [0.2, 0.25) is 5.91 Å². The maximum Gasteiger partial charge on any atom is 0.406 e. The van der Waals surface area contributed by atoms with E-state index in [1.165, 1.54) is 0 Å². The SMILES string of the molecule is CCNC(=NCC(=O)N(C)CC(F)(F)F)NCc1sccc1C.I. The second kappa shape index (κ2) is 10.7. The van der Waals surface area contributed by atoms with Crippen molar-refractivity contribution in [1.82, 2.24) is 15.5 Å². The number of carbonyl (C=O) groups is 1. The molecular weight excluding hydrogens is 456 g/mol. The Bertz CT molecular complexity index is 548. The molecule has 24 heavy (non-hydrogen) atoms. The Morgan fingerprint density at radius 3 is 2.54 bits per heavy atom. The number of guanidine groups is 1. The Labute approximate surface area is 160 Å². The molecule has 0 bridgehead atoms. The van der Waals surface area contributed by atoms with Crippen LogP contribution in [0.2, 0.25) is 0 Å². The van der Waals surface area contributed by atoms with Crippen LogP contribution >= 0.6 is 35.3 Å². The summed E-state index contributed by atoms with van der Waals surface area (Å²) in [5, 5.41) is 8.00. The van der Waals surface area contributed by atoms with Crippen LogP contribution in [0.5, 0.6) is 0 Å². The smallest absolute Gasteiger partial charge is 0.357 e. The first kappa shape index (κ1) is 23.0. The van der Waals surface area contributed by atoms with Crippen LogP contribution in [-0.4, -0.2) is 49.6 Å². The summed E-state index contributed by atoms with van der Waals surface area (Å²) in [4.78, 5) is 17.5. The van der Waals surface area contributed by atoms with Crippen molar-refractivity contribution < 1.29 is 18.0 Å². The van der Waals surface area contributed by atoms with Crippen molar-refractivity contribution in [2.24, 2.45) is 4.99 Å². The van der Waals surface area contributed by atoms with Crippen LogP contribution in [0.4, 0.5) is 13.2 Å². The number of aliphatic imine (C=N–C) groups is 1. The molecule has 1 heterocycles. The Balaban J connectivity index is 0.00000529. The standard InChI is InChI=1S/C14H21F3N4OS.HI/c1-4-18-13(19-7-11-10(2)5-6-23-11)20-8-12(22)21(3)9-14(15,16)17;/h5-6H,4,7-9H2,1-3H3,(H2,18,19,20);1H. The van der Waals surface area contributed by atoms with E-state index in [2.05, 4.69) is 15.6 Å². The summed E-state index contributed by atoms with van der Waals surface area (Å²) in [6.45, 7) is 3.37. The zero-order valence-electron chi connectivity index (χ0n) is 13.7. The first-order chi connectivity index (χ1) is 10.7. The monoisotopic (exact) mass is 478 g/mol. The molecule has 10 heteroatoms. The lowest BCUT2D eigenvalue weighted by molar-refractivity contribution is -0.157. The predicted octanol–water partition coefficient (Wildman–Crippen LogP) is 2.75. The average molecular weight is 478 g/mol. The van der Waals surface area contributed by atoms with Crippen LogP contribution < -0.4 is 10.6 Å². The van der Waals surface area contributed by atoms with Gasteiger partial charge in [0, 0.05) is 18.5 Å². The fourth-order valence-electron chi connectivity index (χ4n) is 1.72. The van der Waals surface area contributed by atoms with Crippen molar-refractivity contribution in [1.29, 1.82) is 0 Å². The van der Waals surface area contributed by atoms with Crippen molar-refractivity contribution in [3.63, 3.8) is 0 Å². The highest BCUT2D eigenvalue weighted by Gasteiger charge is 2.30. The number of carbonyl (C=O) groups excluding carboxylic acids is 1. The third-order valence-corrected chi connectivity index (χ3v) is 3.97. The molecule has 1 rings (SSSR count). The summed E-state index contributed by atoms with van der Waals surface area (Å²) >= 11 is 1.60. The van der Waals surface area contributed by atoms with E-state index < -0.39 is 18.6 Å². The molecule has 0 fully saturated rings. The van der Waals surface area contributed by atoms with Gasteiger partial charge in [0.25, 0.3) is 0 Å². The third kappa shape index (κ3) is 8.71. The number of hydrogen-bond acceptors (Lipinski definition) is 3. The minimum atomic E-state index is -4.41. The fraction of sp³-hybridized carbons (Fsp3) is 0.571. The normalized spacial score (nSPS) is 11.7. The Morgan fingerprint density at radius 2 is 2.04 bits per heavy atom. The van der Waals surface area contributed by atoms with Gasteiger partial charge in [-0.2, -0.15) is 13.2 Å². The molecule has 0 aliphatic heterocycles. The molecule has 0 aliphatic carbocycles. The topological polar surface area (TPSA) is 56.7 Å². The summed E-state index contributed by atoms with van der Waals surface area (Å²) < 4.78 is 36.7. The molecule has 2 N–H and O–H groups in total. The highest BCUT2D eigenvalue weighted by Crippen LogP contribution is 2.16. The first-order valence-corrected chi connectivity index (χ1v) is 7.96. The predicted molar refractivity (Wildman–Crippen MR) is 101 cm³/mol. The summed E-state index contributed by atoms with van der Waals surface area (Å²) in [7, 11) is 1.11. The number of aryl methyl sites for hydroxylation is 1. The van der Waals surface area contributed by atoms with E-state index in [1.54, 1.807) is 11.3 Å². The van der Waals surface area contributed by atoms with E-state index in [-0.39, 0.29) is 30.5 Å². The molecule has 138 valence electrons. The number of rotatable bonds is 6. The summed E-state index contributed by atoms with van der Waals surface area (Å²) in [5.41, 5.74) is 1.15. The molecule has 0 unspecified atom stereocenters. The number of nitrogens with zero attached hydrogens (tertiary/aromatic N) is 2. The van der Waals surface area contributed by atoms with Crippen LogP contribution in [0.3, 0.4) is 0 Å². The highest BCUT2D eigenvalue weighted by atomic mass is 127. The zero-order chi connectivity index (χ0) is 17.5. The fourth-order valence-corrected chi connectivity index (χ4v) is 2.56. The van der Waals surface area contributed by atoms with Gasteiger partial charge in [-0.05, 0) is 30.9 Å². The van der Waals surface area contributed by atoms with Gasteiger partial charge >= 0.3 is 6.18 Å². The van der Waals surface area contributed by atoms with Crippen molar-refractivity contribution >= 4 is 47.2 Å². The lowest BCUT2D eigenvalue weighted by Gasteiger charge is -2.18. The van der Waals surface area contributed by atoms with Crippen molar-refractivity contribution in [2.75, 3.05) is 26.7 Å². The third-order valence-electron chi connectivity index (χ3n) is 2.94. The van der Waals surface area contributed by atoms with Crippen LogP contribution in [0.1, 0.15) is 17.4 Å². The van der Waals surface area contributed by atoms with Gasteiger partial charge in [0.15, 0.2) is 5.96 Å². The van der Waals surface area contributed by atoms with E-state index >= 15 is 0 Å². The lowest BCUT2D eigenvalue weighted by Crippen LogP contribution is -2.40. The van der Waals surface area contributed by atoms with E-state index in [0.717, 1.165) is 17.5 Å². The molecule has 1 amide bonds. The van der Waals surface area contributed by atoms with Crippen molar-refractivity contribution in [3.8, 4) is 0 Å². The number of hydrogen-bond donors (Lipinski definition) is 2.